The van der Waals surface area contributed by atoms with Gasteiger partial charge in [-0.1, -0.05) is 29.3 Å². The molecule has 0 radical (unpaired) electrons. The molecule has 0 aliphatic rings. The quantitative estimate of drug-likeness (QED) is 0.584. The Bertz CT molecular complexity index is 603. The summed E-state index contributed by atoms with van der Waals surface area (Å²) in [4.78, 5) is 8.27. The molecule has 2 aromatic rings. The summed E-state index contributed by atoms with van der Waals surface area (Å²) in [6.45, 7) is 2.63. The minimum Gasteiger partial charge on any atom is -0.369 e. The first-order valence-electron chi connectivity index (χ1n) is 6.08. The lowest BCUT2D eigenvalue weighted by atomic mass is 10.1. The third-order valence-corrected chi connectivity index (χ3v) is 3.39. The Hall–Kier alpha value is -1.56. The van der Waals surface area contributed by atoms with Crippen LogP contribution in [0.25, 0.3) is 0 Å². The fourth-order valence-electron chi connectivity index (χ4n) is 1.73. The van der Waals surface area contributed by atoms with Gasteiger partial charge in [-0.3, -0.25) is 5.43 Å². The molecule has 0 saturated carbocycles. The van der Waals surface area contributed by atoms with Crippen LogP contribution in [0.3, 0.4) is 0 Å². The van der Waals surface area contributed by atoms with Crippen LogP contribution in [0.15, 0.2) is 24.4 Å². The largest absolute Gasteiger partial charge is 0.369 e. The third-order valence-electron chi connectivity index (χ3n) is 2.80. The number of halogens is 2. The van der Waals surface area contributed by atoms with Crippen molar-refractivity contribution in [3.8, 4) is 0 Å². The summed E-state index contributed by atoms with van der Waals surface area (Å²) in [5.74, 6) is 6.42. The van der Waals surface area contributed by atoms with Crippen LogP contribution < -0.4 is 16.6 Å². The van der Waals surface area contributed by atoms with E-state index in [4.69, 9.17) is 29.0 Å². The van der Waals surface area contributed by atoms with E-state index < -0.39 is 0 Å². The number of hydrazine groups is 1. The monoisotopic (exact) mass is 311 g/mol. The molecule has 4 N–H and O–H groups in total. The number of hydrogen-bond donors (Lipinski definition) is 3. The summed E-state index contributed by atoms with van der Waals surface area (Å²) in [7, 11) is 0. The number of nitrogens with one attached hydrogen (secondary N) is 2. The van der Waals surface area contributed by atoms with Gasteiger partial charge in [-0.25, -0.2) is 10.8 Å². The number of anilines is 2. The predicted octanol–water partition coefficient (Wildman–Crippen LogP) is 3.03. The summed E-state index contributed by atoms with van der Waals surface area (Å²) in [6, 6.07) is 5.49. The van der Waals surface area contributed by atoms with E-state index in [1.54, 1.807) is 12.3 Å². The molecule has 106 valence electrons. The molecule has 0 fully saturated rings. The maximum atomic E-state index is 6.13. The molecule has 7 heteroatoms. The van der Waals surface area contributed by atoms with Crippen molar-refractivity contribution in [2.75, 3.05) is 17.3 Å². The van der Waals surface area contributed by atoms with Gasteiger partial charge in [0.05, 0.1) is 0 Å². The molecule has 2 rings (SSSR count). The van der Waals surface area contributed by atoms with Gasteiger partial charge in [0.25, 0.3) is 0 Å². The Labute approximate surface area is 127 Å². The first-order chi connectivity index (χ1) is 9.60. The maximum Gasteiger partial charge on any atom is 0.239 e. The van der Waals surface area contributed by atoms with E-state index in [9.17, 15) is 0 Å². The zero-order chi connectivity index (χ0) is 14.5. The van der Waals surface area contributed by atoms with Gasteiger partial charge in [0.1, 0.15) is 5.82 Å². The van der Waals surface area contributed by atoms with E-state index in [1.165, 1.54) is 0 Å². The van der Waals surface area contributed by atoms with Crippen molar-refractivity contribution in [3.05, 3.63) is 45.6 Å². The highest BCUT2D eigenvalue weighted by atomic mass is 35.5. The number of nitrogen functional groups attached to an aromatic ring is 1. The molecule has 0 bridgehead atoms. The number of nitrogens with two attached hydrogens (primary N) is 1. The summed E-state index contributed by atoms with van der Waals surface area (Å²) in [6.07, 6.45) is 2.48. The highest BCUT2D eigenvalue weighted by Gasteiger charge is 2.04. The van der Waals surface area contributed by atoms with Crippen molar-refractivity contribution >= 4 is 35.0 Å². The fraction of sp³-hybridized carbons (Fsp3) is 0.231. The van der Waals surface area contributed by atoms with Gasteiger partial charge in [-0.15, -0.1) is 0 Å². The Morgan fingerprint density at radius 1 is 1.30 bits per heavy atom. The molecule has 0 atom stereocenters. The van der Waals surface area contributed by atoms with Gasteiger partial charge >= 0.3 is 0 Å². The van der Waals surface area contributed by atoms with Crippen molar-refractivity contribution in [2.24, 2.45) is 5.84 Å². The van der Waals surface area contributed by atoms with Crippen LogP contribution >= 0.6 is 23.2 Å². The second kappa shape index (κ2) is 6.74. The normalized spacial score (nSPS) is 10.4. The van der Waals surface area contributed by atoms with E-state index in [1.807, 2.05) is 19.1 Å². The van der Waals surface area contributed by atoms with Gasteiger partial charge in [0.15, 0.2) is 0 Å². The van der Waals surface area contributed by atoms with Crippen LogP contribution in [0, 0.1) is 6.92 Å². The van der Waals surface area contributed by atoms with Crippen LogP contribution in [-0.4, -0.2) is 16.5 Å². The number of aromatic nitrogens is 2. The van der Waals surface area contributed by atoms with Crippen molar-refractivity contribution < 1.29 is 0 Å². The van der Waals surface area contributed by atoms with E-state index >= 15 is 0 Å². The molecule has 1 heterocycles. The van der Waals surface area contributed by atoms with Gasteiger partial charge in [0, 0.05) is 28.4 Å². The van der Waals surface area contributed by atoms with Crippen molar-refractivity contribution in [1.82, 2.24) is 9.97 Å². The van der Waals surface area contributed by atoms with E-state index in [0.717, 1.165) is 23.4 Å². The van der Waals surface area contributed by atoms with Crippen molar-refractivity contribution in [1.29, 1.82) is 0 Å². The summed E-state index contributed by atoms with van der Waals surface area (Å²) in [5, 5.41) is 4.55. The Morgan fingerprint density at radius 2 is 2.10 bits per heavy atom. The van der Waals surface area contributed by atoms with Crippen LogP contribution in [0.4, 0.5) is 11.8 Å². The summed E-state index contributed by atoms with van der Waals surface area (Å²) < 4.78 is 0. The van der Waals surface area contributed by atoms with E-state index in [-0.39, 0.29) is 0 Å². The number of benzene rings is 1. The Morgan fingerprint density at radius 3 is 2.80 bits per heavy atom. The molecule has 5 nitrogen and oxygen atoms in total. The Balaban J connectivity index is 1.99. The first-order valence-corrected chi connectivity index (χ1v) is 6.84. The Kier molecular flexibility index (Phi) is 5.00. The van der Waals surface area contributed by atoms with Crippen LogP contribution in [0.1, 0.15) is 11.1 Å². The SMILES string of the molecule is Cc1cnc(NN)nc1NCCc1ccc(Cl)cc1Cl. The molecule has 0 aliphatic carbocycles. The van der Waals surface area contributed by atoms with Gasteiger partial charge in [0.2, 0.25) is 5.95 Å². The molecule has 20 heavy (non-hydrogen) atoms. The first kappa shape index (κ1) is 14.8. The molecule has 0 saturated heterocycles. The average Bonchev–Trinajstić information content (AvgIpc) is 2.43. The van der Waals surface area contributed by atoms with Crippen LogP contribution in [-0.2, 0) is 6.42 Å². The minimum atomic E-state index is 0.377. The zero-order valence-corrected chi connectivity index (χ0v) is 12.5. The fourth-order valence-corrected chi connectivity index (χ4v) is 2.23. The molecule has 0 aliphatic heterocycles. The highest BCUT2D eigenvalue weighted by molar-refractivity contribution is 6.35. The van der Waals surface area contributed by atoms with Gasteiger partial charge in [-0.05, 0) is 31.0 Å². The lowest BCUT2D eigenvalue weighted by Gasteiger charge is -2.10. The molecular formula is C13H15Cl2N5. The van der Waals surface area contributed by atoms with Crippen LogP contribution in [0.5, 0.6) is 0 Å². The predicted molar refractivity (Wildman–Crippen MR) is 83.2 cm³/mol. The summed E-state index contributed by atoms with van der Waals surface area (Å²) >= 11 is 12.0. The molecule has 1 aromatic carbocycles. The highest BCUT2D eigenvalue weighted by Crippen LogP contribution is 2.21. The number of rotatable bonds is 5. The zero-order valence-electron chi connectivity index (χ0n) is 11.0. The number of nitrogens with zero attached hydrogens (tertiary/aromatic N) is 2. The molecule has 0 unspecified atom stereocenters. The standard InChI is InChI=1S/C13H15Cl2N5/c1-8-7-18-13(20-16)19-12(8)17-5-4-9-2-3-10(14)6-11(9)15/h2-3,6-7H,4-5,16H2,1H3,(H2,17,18,19,20). The van der Waals surface area contributed by atoms with Gasteiger partial charge in [-0.2, -0.15) is 4.98 Å². The van der Waals surface area contributed by atoms with Crippen LogP contribution in [0.2, 0.25) is 10.0 Å². The minimum absolute atomic E-state index is 0.377. The number of aryl methyl sites for hydroxylation is 1. The summed E-state index contributed by atoms with van der Waals surface area (Å²) in [5.41, 5.74) is 4.40. The maximum absolute atomic E-state index is 6.13. The van der Waals surface area contributed by atoms with Crippen molar-refractivity contribution in [3.63, 3.8) is 0 Å². The third kappa shape index (κ3) is 3.72. The second-order valence-corrected chi connectivity index (χ2v) is 5.13. The van der Waals surface area contributed by atoms with Crippen molar-refractivity contribution in [2.45, 2.75) is 13.3 Å². The lowest BCUT2D eigenvalue weighted by Crippen LogP contribution is -2.13. The molecule has 1 aromatic heterocycles. The number of hydrogen-bond acceptors (Lipinski definition) is 5. The smallest absolute Gasteiger partial charge is 0.239 e. The van der Waals surface area contributed by atoms with E-state index in [0.29, 0.717) is 22.5 Å². The van der Waals surface area contributed by atoms with E-state index in [2.05, 4.69) is 20.7 Å². The molecular weight excluding hydrogens is 297 g/mol. The molecule has 0 spiro atoms. The lowest BCUT2D eigenvalue weighted by molar-refractivity contribution is 0.989. The molecule has 0 amide bonds. The average molecular weight is 312 g/mol. The second-order valence-electron chi connectivity index (χ2n) is 4.28. The topological polar surface area (TPSA) is 75.9 Å². The van der Waals surface area contributed by atoms with Gasteiger partial charge < -0.3 is 5.32 Å².